The van der Waals surface area contributed by atoms with Crippen LogP contribution in [0, 0.1) is 12.7 Å². The standard InChI is InChI=1S/C13H11BrFNOS/c1-8-4-9(2-3-12(8)15)13(17)16-6-11-5-10(14)7-18-11/h2-5,7H,6H2,1H3,(H,16,17). The predicted molar refractivity (Wildman–Crippen MR) is 74.3 cm³/mol. The van der Waals surface area contributed by atoms with E-state index in [0.29, 0.717) is 17.7 Å². The van der Waals surface area contributed by atoms with E-state index < -0.39 is 0 Å². The number of benzene rings is 1. The van der Waals surface area contributed by atoms with Crippen LogP contribution in [-0.2, 0) is 6.54 Å². The molecule has 1 aromatic carbocycles. The zero-order valence-electron chi connectivity index (χ0n) is 9.67. The van der Waals surface area contributed by atoms with Crippen molar-refractivity contribution in [1.29, 1.82) is 0 Å². The second kappa shape index (κ2) is 5.63. The van der Waals surface area contributed by atoms with Gasteiger partial charge in [0.05, 0.1) is 6.54 Å². The van der Waals surface area contributed by atoms with Crippen molar-refractivity contribution in [3.05, 3.63) is 55.9 Å². The molecule has 1 heterocycles. The van der Waals surface area contributed by atoms with Crippen LogP contribution >= 0.6 is 27.3 Å². The summed E-state index contributed by atoms with van der Waals surface area (Å²) in [6.45, 7) is 2.12. The van der Waals surface area contributed by atoms with Crippen molar-refractivity contribution in [2.45, 2.75) is 13.5 Å². The lowest BCUT2D eigenvalue weighted by molar-refractivity contribution is 0.0951. The maximum absolute atomic E-state index is 13.1. The minimum atomic E-state index is -0.297. The van der Waals surface area contributed by atoms with Gasteiger partial charge in [0.1, 0.15) is 5.82 Å². The van der Waals surface area contributed by atoms with Crippen molar-refractivity contribution in [3.8, 4) is 0 Å². The molecule has 5 heteroatoms. The van der Waals surface area contributed by atoms with Gasteiger partial charge in [-0.15, -0.1) is 11.3 Å². The smallest absolute Gasteiger partial charge is 0.251 e. The molecule has 1 N–H and O–H groups in total. The van der Waals surface area contributed by atoms with Crippen LogP contribution in [0.25, 0.3) is 0 Å². The lowest BCUT2D eigenvalue weighted by Gasteiger charge is -2.05. The molecule has 0 unspecified atom stereocenters. The maximum Gasteiger partial charge on any atom is 0.251 e. The number of halogens is 2. The molecular formula is C13H11BrFNOS. The first-order valence-corrected chi connectivity index (χ1v) is 7.01. The lowest BCUT2D eigenvalue weighted by Crippen LogP contribution is -2.22. The normalized spacial score (nSPS) is 10.4. The number of carbonyl (C=O) groups is 1. The molecule has 2 aromatic rings. The van der Waals surface area contributed by atoms with Gasteiger partial charge in [-0.3, -0.25) is 4.79 Å². The summed E-state index contributed by atoms with van der Waals surface area (Å²) in [7, 11) is 0. The van der Waals surface area contributed by atoms with Gasteiger partial charge in [0.2, 0.25) is 0 Å². The van der Waals surface area contributed by atoms with E-state index >= 15 is 0 Å². The molecule has 0 radical (unpaired) electrons. The molecule has 0 aliphatic heterocycles. The molecule has 1 aromatic heterocycles. The summed E-state index contributed by atoms with van der Waals surface area (Å²) in [4.78, 5) is 12.9. The first kappa shape index (κ1) is 13.2. The van der Waals surface area contributed by atoms with E-state index in [-0.39, 0.29) is 11.7 Å². The number of hydrogen-bond donors (Lipinski definition) is 1. The fraction of sp³-hybridized carbons (Fsp3) is 0.154. The largest absolute Gasteiger partial charge is 0.347 e. The Morgan fingerprint density at radius 1 is 1.44 bits per heavy atom. The summed E-state index contributed by atoms with van der Waals surface area (Å²) >= 11 is 4.93. The Morgan fingerprint density at radius 2 is 2.22 bits per heavy atom. The van der Waals surface area contributed by atoms with E-state index in [9.17, 15) is 9.18 Å². The van der Waals surface area contributed by atoms with Crippen LogP contribution in [0.15, 0.2) is 34.1 Å². The second-order valence-corrected chi connectivity index (χ2v) is 5.79. The third kappa shape index (κ3) is 3.17. The van der Waals surface area contributed by atoms with Crippen LogP contribution in [-0.4, -0.2) is 5.91 Å². The van der Waals surface area contributed by atoms with E-state index in [4.69, 9.17) is 0 Å². The Hall–Kier alpha value is -1.20. The van der Waals surface area contributed by atoms with Crippen molar-refractivity contribution < 1.29 is 9.18 Å². The molecule has 0 aliphatic rings. The first-order valence-electron chi connectivity index (χ1n) is 5.33. The number of rotatable bonds is 3. The molecule has 0 fully saturated rings. The number of thiophene rings is 1. The molecule has 0 saturated carbocycles. The summed E-state index contributed by atoms with van der Waals surface area (Å²) in [5.41, 5.74) is 0.950. The lowest BCUT2D eigenvalue weighted by atomic mass is 10.1. The number of amides is 1. The highest BCUT2D eigenvalue weighted by Crippen LogP contribution is 2.19. The van der Waals surface area contributed by atoms with Gasteiger partial charge in [0.15, 0.2) is 0 Å². The molecule has 0 spiro atoms. The fourth-order valence-corrected chi connectivity index (χ4v) is 2.89. The Balaban J connectivity index is 2.01. The van der Waals surface area contributed by atoms with Crippen molar-refractivity contribution in [2.24, 2.45) is 0 Å². The molecular weight excluding hydrogens is 317 g/mol. The van der Waals surface area contributed by atoms with Crippen LogP contribution in [0.4, 0.5) is 4.39 Å². The fourth-order valence-electron chi connectivity index (χ4n) is 1.50. The van der Waals surface area contributed by atoms with Gasteiger partial charge >= 0.3 is 0 Å². The Morgan fingerprint density at radius 3 is 2.83 bits per heavy atom. The molecule has 0 aliphatic carbocycles. The zero-order valence-corrected chi connectivity index (χ0v) is 12.1. The van der Waals surface area contributed by atoms with Crippen LogP contribution in [0.1, 0.15) is 20.8 Å². The topological polar surface area (TPSA) is 29.1 Å². The summed E-state index contributed by atoms with van der Waals surface area (Å²) in [6.07, 6.45) is 0. The minimum absolute atomic E-state index is 0.192. The molecule has 0 atom stereocenters. The summed E-state index contributed by atoms with van der Waals surface area (Å²) in [5, 5.41) is 4.77. The summed E-state index contributed by atoms with van der Waals surface area (Å²) in [6, 6.07) is 6.31. The van der Waals surface area contributed by atoms with Gasteiger partial charge in [-0.25, -0.2) is 4.39 Å². The zero-order chi connectivity index (χ0) is 13.1. The number of hydrogen-bond acceptors (Lipinski definition) is 2. The summed E-state index contributed by atoms with van der Waals surface area (Å²) < 4.78 is 14.1. The minimum Gasteiger partial charge on any atom is -0.347 e. The second-order valence-electron chi connectivity index (χ2n) is 3.88. The summed E-state index contributed by atoms with van der Waals surface area (Å²) in [5.74, 6) is -0.489. The van der Waals surface area contributed by atoms with Gasteiger partial charge in [-0.2, -0.15) is 0 Å². The molecule has 18 heavy (non-hydrogen) atoms. The van der Waals surface area contributed by atoms with E-state index in [1.165, 1.54) is 12.1 Å². The van der Waals surface area contributed by atoms with Crippen LogP contribution in [0.5, 0.6) is 0 Å². The monoisotopic (exact) mass is 327 g/mol. The molecule has 2 rings (SSSR count). The third-order valence-corrected chi connectivity index (χ3v) is 4.16. The first-order chi connectivity index (χ1) is 8.56. The average Bonchev–Trinajstić information content (AvgIpc) is 2.75. The quantitative estimate of drug-likeness (QED) is 0.910. The molecule has 2 nitrogen and oxygen atoms in total. The van der Waals surface area contributed by atoms with Crippen molar-refractivity contribution >= 4 is 33.2 Å². The van der Waals surface area contributed by atoms with Gasteiger partial charge in [-0.1, -0.05) is 0 Å². The van der Waals surface area contributed by atoms with Crippen LogP contribution < -0.4 is 5.32 Å². The molecule has 94 valence electrons. The van der Waals surface area contributed by atoms with Gasteiger partial charge in [0.25, 0.3) is 5.91 Å². The molecule has 0 saturated heterocycles. The molecule has 0 bridgehead atoms. The van der Waals surface area contributed by atoms with E-state index in [1.54, 1.807) is 24.3 Å². The highest BCUT2D eigenvalue weighted by Gasteiger charge is 2.08. The maximum atomic E-state index is 13.1. The highest BCUT2D eigenvalue weighted by atomic mass is 79.9. The van der Waals surface area contributed by atoms with Crippen molar-refractivity contribution in [1.82, 2.24) is 5.32 Å². The van der Waals surface area contributed by atoms with E-state index in [0.717, 1.165) is 9.35 Å². The third-order valence-electron chi connectivity index (χ3n) is 2.47. The van der Waals surface area contributed by atoms with Gasteiger partial charge < -0.3 is 5.32 Å². The number of nitrogens with one attached hydrogen (secondary N) is 1. The number of carbonyl (C=O) groups excluding carboxylic acids is 1. The van der Waals surface area contributed by atoms with E-state index in [1.807, 2.05) is 11.4 Å². The van der Waals surface area contributed by atoms with Crippen LogP contribution in [0.3, 0.4) is 0 Å². The van der Waals surface area contributed by atoms with Gasteiger partial charge in [-0.05, 0) is 52.7 Å². The van der Waals surface area contributed by atoms with Crippen LogP contribution in [0.2, 0.25) is 0 Å². The highest BCUT2D eigenvalue weighted by molar-refractivity contribution is 9.10. The number of aryl methyl sites for hydroxylation is 1. The average molecular weight is 328 g/mol. The SMILES string of the molecule is Cc1cc(C(=O)NCc2cc(Br)cs2)ccc1F. The van der Waals surface area contributed by atoms with Crippen molar-refractivity contribution in [3.63, 3.8) is 0 Å². The Kier molecular flexibility index (Phi) is 4.14. The Labute approximate surface area is 117 Å². The van der Waals surface area contributed by atoms with Crippen molar-refractivity contribution in [2.75, 3.05) is 0 Å². The molecule has 1 amide bonds. The Bertz CT molecular complexity index is 582. The predicted octanol–water partition coefficient (Wildman–Crippen LogP) is 3.89. The van der Waals surface area contributed by atoms with E-state index in [2.05, 4.69) is 21.2 Å². The van der Waals surface area contributed by atoms with Gasteiger partial charge in [0, 0.05) is 20.3 Å².